The quantitative estimate of drug-likeness (QED) is 0.773. The molecule has 2 aliphatic rings. The Bertz CT molecular complexity index is 1010. The van der Waals surface area contributed by atoms with E-state index in [1.165, 1.54) is 4.90 Å². The van der Waals surface area contributed by atoms with Gasteiger partial charge in [-0.05, 0) is 47.9 Å². The van der Waals surface area contributed by atoms with Gasteiger partial charge >= 0.3 is 0 Å². The number of benzene rings is 2. The number of carbonyl (C=O) groups is 2. The number of likely N-dealkylation sites (N-methyl/N-ethyl adjacent to an activating group) is 1. The first-order valence-corrected chi connectivity index (χ1v) is 10.1. The minimum atomic E-state index is -0.772. The molecule has 0 saturated carbocycles. The predicted molar refractivity (Wildman–Crippen MR) is 116 cm³/mol. The van der Waals surface area contributed by atoms with E-state index in [-0.39, 0.29) is 18.4 Å². The molecule has 2 heterocycles. The number of nitrogens with one attached hydrogen (secondary N) is 1. The summed E-state index contributed by atoms with van der Waals surface area (Å²) in [6.07, 6.45) is 2.54. The molecular formula is C22H20BrN3O3. The van der Waals surface area contributed by atoms with Gasteiger partial charge in [0.25, 0.3) is 11.8 Å². The number of fused-ring (bicyclic) bond motifs is 1. The molecule has 148 valence electrons. The average molecular weight is 454 g/mol. The van der Waals surface area contributed by atoms with E-state index in [0.29, 0.717) is 23.7 Å². The van der Waals surface area contributed by atoms with Crippen molar-refractivity contribution in [2.24, 2.45) is 4.99 Å². The van der Waals surface area contributed by atoms with Crippen molar-refractivity contribution in [2.45, 2.75) is 12.5 Å². The molecule has 0 fully saturated rings. The van der Waals surface area contributed by atoms with Crippen LogP contribution in [-0.2, 0) is 16.0 Å². The van der Waals surface area contributed by atoms with Crippen molar-refractivity contribution < 1.29 is 14.3 Å². The van der Waals surface area contributed by atoms with Gasteiger partial charge in [-0.3, -0.25) is 14.6 Å². The van der Waals surface area contributed by atoms with Crippen molar-refractivity contribution in [2.75, 3.05) is 25.1 Å². The smallest absolute Gasteiger partial charge is 0.270 e. The highest BCUT2D eigenvalue weighted by Gasteiger charge is 2.31. The number of halogens is 1. The van der Waals surface area contributed by atoms with E-state index in [1.807, 2.05) is 48.5 Å². The molecule has 2 amide bonds. The lowest BCUT2D eigenvalue weighted by molar-refractivity contribution is -0.124. The molecule has 1 N–H and O–H groups in total. The normalized spacial score (nSPS) is 18.3. The van der Waals surface area contributed by atoms with Gasteiger partial charge in [-0.15, -0.1) is 0 Å². The number of hydrogen-bond acceptors (Lipinski definition) is 4. The van der Waals surface area contributed by atoms with Crippen molar-refractivity contribution in [1.82, 2.24) is 5.32 Å². The summed E-state index contributed by atoms with van der Waals surface area (Å²) >= 11 is 3.43. The van der Waals surface area contributed by atoms with E-state index < -0.39 is 6.04 Å². The lowest BCUT2D eigenvalue weighted by Crippen LogP contribution is -2.50. The van der Waals surface area contributed by atoms with Crippen LogP contribution in [0, 0.1) is 0 Å². The van der Waals surface area contributed by atoms with Crippen LogP contribution in [0.25, 0.3) is 0 Å². The fourth-order valence-electron chi connectivity index (χ4n) is 3.37. The second-order valence-corrected chi connectivity index (χ2v) is 7.93. The Labute approximate surface area is 177 Å². The van der Waals surface area contributed by atoms with Crippen LogP contribution in [0.4, 0.5) is 5.69 Å². The Morgan fingerprint density at radius 2 is 2.00 bits per heavy atom. The maximum atomic E-state index is 12.8. The third-order valence-corrected chi connectivity index (χ3v) is 5.47. The summed E-state index contributed by atoms with van der Waals surface area (Å²) in [4.78, 5) is 31.3. The molecule has 29 heavy (non-hydrogen) atoms. The molecule has 7 heteroatoms. The molecule has 1 atom stereocenters. The van der Waals surface area contributed by atoms with Crippen LogP contribution in [-0.4, -0.2) is 43.8 Å². The Kier molecular flexibility index (Phi) is 5.49. The lowest BCUT2D eigenvalue weighted by atomic mass is 10.1. The van der Waals surface area contributed by atoms with Crippen LogP contribution in [0.1, 0.15) is 5.56 Å². The molecule has 2 aromatic carbocycles. The lowest BCUT2D eigenvalue weighted by Gasteiger charge is -2.20. The Hall–Kier alpha value is -2.93. The first-order chi connectivity index (χ1) is 14.0. The molecule has 0 saturated heterocycles. The third-order valence-electron chi connectivity index (χ3n) is 4.94. The summed E-state index contributed by atoms with van der Waals surface area (Å²) < 4.78 is 6.77. The number of aliphatic imine (C=N–C) groups is 1. The summed E-state index contributed by atoms with van der Waals surface area (Å²) in [5.41, 5.74) is 3.24. The van der Waals surface area contributed by atoms with E-state index in [1.54, 1.807) is 13.1 Å². The molecule has 0 spiro atoms. The van der Waals surface area contributed by atoms with E-state index in [4.69, 9.17) is 4.74 Å². The van der Waals surface area contributed by atoms with Gasteiger partial charge in [0.15, 0.2) is 0 Å². The summed E-state index contributed by atoms with van der Waals surface area (Å²) in [6.45, 7) is 0.563. The van der Waals surface area contributed by atoms with Gasteiger partial charge in [-0.1, -0.05) is 40.2 Å². The minimum absolute atomic E-state index is 0.0780. The van der Waals surface area contributed by atoms with Gasteiger partial charge in [0, 0.05) is 11.5 Å². The van der Waals surface area contributed by atoms with Crippen LogP contribution < -0.4 is 15.0 Å². The number of anilines is 1. The third kappa shape index (κ3) is 4.24. The SMILES string of the molecule is CN1C(=O)[C@@H](NC(=O)C2=NCC(Cc3ccc(Br)cc3)=C2)COc2ccccc21. The maximum absolute atomic E-state index is 12.8. The number of hydrogen-bond donors (Lipinski definition) is 1. The zero-order chi connectivity index (χ0) is 20.4. The molecule has 2 aliphatic heterocycles. The van der Waals surface area contributed by atoms with E-state index >= 15 is 0 Å². The van der Waals surface area contributed by atoms with Gasteiger partial charge in [0.1, 0.15) is 24.1 Å². The maximum Gasteiger partial charge on any atom is 0.270 e. The number of rotatable bonds is 4. The van der Waals surface area contributed by atoms with Gasteiger partial charge in [0.2, 0.25) is 0 Å². The number of amides is 2. The second-order valence-electron chi connectivity index (χ2n) is 7.01. The predicted octanol–water partition coefficient (Wildman–Crippen LogP) is 2.91. The van der Waals surface area contributed by atoms with Crippen molar-refractivity contribution in [1.29, 1.82) is 0 Å². The van der Waals surface area contributed by atoms with Crippen molar-refractivity contribution in [3.8, 4) is 5.75 Å². The zero-order valence-electron chi connectivity index (χ0n) is 15.9. The van der Waals surface area contributed by atoms with Crippen molar-refractivity contribution in [3.05, 3.63) is 70.2 Å². The Morgan fingerprint density at radius 1 is 1.24 bits per heavy atom. The highest BCUT2D eigenvalue weighted by atomic mass is 79.9. The minimum Gasteiger partial charge on any atom is -0.489 e. The summed E-state index contributed by atoms with van der Waals surface area (Å²) in [6, 6.07) is 14.6. The highest BCUT2D eigenvalue weighted by Crippen LogP contribution is 2.29. The Balaban J connectivity index is 1.41. The van der Waals surface area contributed by atoms with Crippen LogP contribution in [0.2, 0.25) is 0 Å². The topological polar surface area (TPSA) is 71.0 Å². The standard InChI is InChI=1S/C22H20BrN3O3/c1-26-19-4-2-3-5-20(19)29-13-18(22(26)28)25-21(27)17-11-15(12-24-17)10-14-6-8-16(23)9-7-14/h2-9,11,18H,10,12-13H2,1H3,(H,25,27)/t18-/m0/s1. The first kappa shape index (κ1) is 19.4. The largest absolute Gasteiger partial charge is 0.489 e. The monoisotopic (exact) mass is 453 g/mol. The van der Waals surface area contributed by atoms with Gasteiger partial charge in [-0.2, -0.15) is 0 Å². The molecule has 0 radical (unpaired) electrons. The second kappa shape index (κ2) is 8.21. The van der Waals surface area contributed by atoms with Gasteiger partial charge in [0.05, 0.1) is 12.2 Å². The molecule has 0 aliphatic carbocycles. The number of nitrogens with zero attached hydrogens (tertiary/aromatic N) is 2. The van der Waals surface area contributed by atoms with Crippen LogP contribution in [0.15, 0.2) is 69.6 Å². The van der Waals surface area contributed by atoms with Crippen molar-refractivity contribution in [3.63, 3.8) is 0 Å². The zero-order valence-corrected chi connectivity index (χ0v) is 17.5. The number of para-hydroxylation sites is 2. The van der Waals surface area contributed by atoms with E-state index in [2.05, 4.69) is 26.2 Å². The molecular weight excluding hydrogens is 434 g/mol. The molecule has 6 nitrogen and oxygen atoms in total. The molecule has 2 aromatic rings. The summed E-state index contributed by atoms with van der Waals surface area (Å²) in [5.74, 6) is 0.0352. The van der Waals surface area contributed by atoms with Gasteiger partial charge < -0.3 is 15.0 Å². The van der Waals surface area contributed by atoms with Crippen molar-refractivity contribution >= 4 is 39.1 Å². The summed E-state index contributed by atoms with van der Waals surface area (Å²) in [7, 11) is 1.68. The fraction of sp³-hybridized carbons (Fsp3) is 0.227. The summed E-state index contributed by atoms with van der Waals surface area (Å²) in [5, 5.41) is 2.77. The molecule has 4 rings (SSSR count). The fourth-order valence-corrected chi connectivity index (χ4v) is 3.63. The van der Waals surface area contributed by atoms with Crippen LogP contribution in [0.5, 0.6) is 5.75 Å². The van der Waals surface area contributed by atoms with E-state index in [9.17, 15) is 9.59 Å². The number of carbonyl (C=O) groups excluding carboxylic acids is 2. The average Bonchev–Trinajstić information content (AvgIpc) is 3.16. The number of ether oxygens (including phenoxy) is 1. The van der Waals surface area contributed by atoms with E-state index in [0.717, 1.165) is 22.0 Å². The van der Waals surface area contributed by atoms with Crippen LogP contribution >= 0.6 is 15.9 Å². The van der Waals surface area contributed by atoms with Crippen LogP contribution in [0.3, 0.4) is 0 Å². The first-order valence-electron chi connectivity index (χ1n) is 9.30. The molecule has 0 bridgehead atoms. The molecule has 0 unspecified atom stereocenters. The van der Waals surface area contributed by atoms with Gasteiger partial charge in [-0.25, -0.2) is 0 Å². The highest BCUT2D eigenvalue weighted by molar-refractivity contribution is 9.10. The Morgan fingerprint density at radius 3 is 2.79 bits per heavy atom. The molecule has 0 aromatic heterocycles.